The molecule has 2 N–H and O–H groups in total. The minimum atomic E-state index is -0.687. The highest BCUT2D eigenvalue weighted by Crippen LogP contribution is 2.41. The maximum Gasteiger partial charge on any atom is 0.337 e. The van der Waals surface area contributed by atoms with Crippen LogP contribution in [-0.2, 0) is 19.7 Å². The van der Waals surface area contributed by atoms with Crippen LogP contribution in [0.1, 0.15) is 36.7 Å². The summed E-state index contributed by atoms with van der Waals surface area (Å²) in [5, 5.41) is 4.88. The minimum Gasteiger partial charge on any atom is -0.504 e. The summed E-state index contributed by atoms with van der Waals surface area (Å²) in [5.41, 5.74) is 2.94. The Kier molecular flexibility index (Phi) is 8.01. The molecule has 0 bridgehead atoms. The first kappa shape index (κ1) is 24.5. The normalized spacial score (nSPS) is 11.1. The molecule has 0 atom stereocenters. The second-order valence-electron chi connectivity index (χ2n) is 7.91. The van der Waals surface area contributed by atoms with Gasteiger partial charge in [0.2, 0.25) is 0 Å². The summed E-state index contributed by atoms with van der Waals surface area (Å²) in [6, 6.07) is 9.73. The van der Waals surface area contributed by atoms with Crippen LogP contribution < -0.4 is 15.4 Å². The van der Waals surface area contributed by atoms with Crippen molar-refractivity contribution in [1.29, 1.82) is 0 Å². The average molecular weight is 440 g/mol. The van der Waals surface area contributed by atoms with Gasteiger partial charge < -0.3 is 19.5 Å². The summed E-state index contributed by atoms with van der Waals surface area (Å²) in [6.45, 7) is 6.08. The maximum absolute atomic E-state index is 12.3. The molecule has 0 heterocycles. The second-order valence-corrected chi connectivity index (χ2v) is 7.91. The Balaban J connectivity index is 2.49. The lowest BCUT2D eigenvalue weighted by Crippen LogP contribution is -2.33. The van der Waals surface area contributed by atoms with E-state index in [1.807, 2.05) is 20.8 Å². The second kappa shape index (κ2) is 10.5. The van der Waals surface area contributed by atoms with Crippen LogP contribution in [-0.4, -0.2) is 39.2 Å². The molecule has 3 amide bonds. The van der Waals surface area contributed by atoms with E-state index in [-0.39, 0.29) is 5.41 Å². The predicted molar refractivity (Wildman–Crippen MR) is 122 cm³/mol. The molecule has 8 nitrogen and oxygen atoms in total. The number of ether oxygens (including phenoxy) is 3. The Morgan fingerprint density at radius 2 is 1.62 bits per heavy atom. The molecule has 2 aromatic carbocycles. The minimum absolute atomic E-state index is 0.308. The fourth-order valence-corrected chi connectivity index (χ4v) is 3.04. The van der Waals surface area contributed by atoms with Gasteiger partial charge >= 0.3 is 12.0 Å². The summed E-state index contributed by atoms with van der Waals surface area (Å²) in [5.74, 6) is -0.404. The van der Waals surface area contributed by atoms with Gasteiger partial charge in [-0.3, -0.25) is 10.1 Å². The number of amides is 3. The number of nitrogens with one attached hydrogen (secondary N) is 2. The first-order valence-corrected chi connectivity index (χ1v) is 9.83. The fourth-order valence-electron chi connectivity index (χ4n) is 3.04. The van der Waals surface area contributed by atoms with Crippen molar-refractivity contribution >= 4 is 23.6 Å². The molecule has 170 valence electrons. The first-order valence-electron chi connectivity index (χ1n) is 9.83. The van der Waals surface area contributed by atoms with Gasteiger partial charge in [-0.2, -0.15) is 0 Å². The summed E-state index contributed by atoms with van der Waals surface area (Å²) >= 11 is 0. The number of methoxy groups -OCH3 is 3. The summed E-state index contributed by atoms with van der Waals surface area (Å²) in [4.78, 5) is 35.8. The molecule has 0 saturated carbocycles. The Bertz CT molecular complexity index is 1020. The number of anilines is 1. The molecule has 0 aliphatic heterocycles. The molecule has 0 saturated heterocycles. The zero-order valence-corrected chi connectivity index (χ0v) is 19.1. The molecular formula is C24H28N2O6. The van der Waals surface area contributed by atoms with E-state index in [9.17, 15) is 14.4 Å². The van der Waals surface area contributed by atoms with Crippen LogP contribution in [0.25, 0.3) is 11.1 Å². The van der Waals surface area contributed by atoms with E-state index in [1.165, 1.54) is 20.5 Å². The van der Waals surface area contributed by atoms with Crippen molar-refractivity contribution in [3.05, 3.63) is 59.9 Å². The SMILES string of the molecule is CO/C=C/C(=O)NC(=O)Nc1cc(-c2ccc(C(=O)OC)cc2)c(OC)c(C(C)(C)C)c1. The van der Waals surface area contributed by atoms with Crippen LogP contribution >= 0.6 is 0 Å². The average Bonchev–Trinajstić information content (AvgIpc) is 2.75. The lowest BCUT2D eigenvalue weighted by Gasteiger charge is -2.25. The highest BCUT2D eigenvalue weighted by atomic mass is 16.5. The lowest BCUT2D eigenvalue weighted by atomic mass is 9.83. The van der Waals surface area contributed by atoms with E-state index in [1.54, 1.807) is 43.5 Å². The third-order valence-corrected chi connectivity index (χ3v) is 4.57. The van der Waals surface area contributed by atoms with Crippen molar-refractivity contribution in [2.24, 2.45) is 0 Å². The van der Waals surface area contributed by atoms with Crippen LogP contribution in [0, 0.1) is 0 Å². The fraction of sp³-hybridized carbons (Fsp3) is 0.292. The van der Waals surface area contributed by atoms with E-state index in [0.717, 1.165) is 22.8 Å². The summed E-state index contributed by atoms with van der Waals surface area (Å²) in [6.07, 6.45) is 2.27. The van der Waals surface area contributed by atoms with Crippen LogP contribution in [0.4, 0.5) is 10.5 Å². The number of rotatable bonds is 6. The summed E-state index contributed by atoms with van der Waals surface area (Å²) in [7, 11) is 4.30. The van der Waals surface area contributed by atoms with Gasteiger partial charge in [0.25, 0.3) is 5.91 Å². The van der Waals surface area contributed by atoms with Gasteiger partial charge in [0.15, 0.2) is 0 Å². The monoisotopic (exact) mass is 440 g/mol. The molecule has 0 unspecified atom stereocenters. The zero-order valence-electron chi connectivity index (χ0n) is 19.1. The highest BCUT2D eigenvalue weighted by Gasteiger charge is 2.24. The molecule has 0 aliphatic rings. The number of hydrogen-bond donors (Lipinski definition) is 2. The van der Waals surface area contributed by atoms with Crippen LogP contribution in [0.2, 0.25) is 0 Å². The van der Waals surface area contributed by atoms with Gasteiger partial charge in [-0.15, -0.1) is 0 Å². The Morgan fingerprint density at radius 3 is 2.16 bits per heavy atom. The number of carbonyl (C=O) groups is 3. The molecule has 2 rings (SSSR count). The number of benzene rings is 2. The molecule has 2 aromatic rings. The van der Waals surface area contributed by atoms with E-state index in [4.69, 9.17) is 9.47 Å². The third-order valence-electron chi connectivity index (χ3n) is 4.57. The Labute approximate surface area is 187 Å². The van der Waals surface area contributed by atoms with E-state index < -0.39 is 17.9 Å². The largest absolute Gasteiger partial charge is 0.504 e. The number of urea groups is 1. The van der Waals surface area contributed by atoms with Gasteiger partial charge in [0.1, 0.15) is 5.75 Å². The highest BCUT2D eigenvalue weighted by molar-refractivity contribution is 6.05. The maximum atomic E-state index is 12.3. The van der Waals surface area contributed by atoms with E-state index in [0.29, 0.717) is 17.0 Å². The predicted octanol–water partition coefficient (Wildman–Crippen LogP) is 4.25. The van der Waals surface area contributed by atoms with Gasteiger partial charge in [-0.1, -0.05) is 32.9 Å². The summed E-state index contributed by atoms with van der Waals surface area (Å²) < 4.78 is 15.1. The van der Waals surface area contributed by atoms with Crippen molar-refractivity contribution in [2.75, 3.05) is 26.6 Å². The zero-order chi connectivity index (χ0) is 23.9. The van der Waals surface area contributed by atoms with Gasteiger partial charge in [0.05, 0.1) is 33.2 Å². The van der Waals surface area contributed by atoms with E-state index >= 15 is 0 Å². The van der Waals surface area contributed by atoms with Crippen LogP contribution in [0.5, 0.6) is 5.75 Å². The van der Waals surface area contributed by atoms with Crippen LogP contribution in [0.15, 0.2) is 48.7 Å². The number of esters is 1. The smallest absolute Gasteiger partial charge is 0.337 e. The van der Waals surface area contributed by atoms with Gasteiger partial charge in [-0.05, 0) is 35.2 Å². The lowest BCUT2D eigenvalue weighted by molar-refractivity contribution is -0.115. The van der Waals surface area contributed by atoms with Gasteiger partial charge in [0, 0.05) is 22.9 Å². The topological polar surface area (TPSA) is 103 Å². The molecule has 0 aromatic heterocycles. The molecule has 0 spiro atoms. The first-order chi connectivity index (χ1) is 15.1. The molecule has 8 heteroatoms. The van der Waals surface area contributed by atoms with Crippen molar-refractivity contribution in [1.82, 2.24) is 5.32 Å². The molecule has 0 fully saturated rings. The quantitative estimate of drug-likeness (QED) is 0.395. The van der Waals surface area contributed by atoms with Crippen LogP contribution in [0.3, 0.4) is 0 Å². The molecule has 0 radical (unpaired) electrons. The van der Waals surface area contributed by atoms with Crippen molar-refractivity contribution < 1.29 is 28.6 Å². The molecule has 0 aliphatic carbocycles. The van der Waals surface area contributed by atoms with Crippen molar-refractivity contribution in [2.45, 2.75) is 26.2 Å². The number of hydrogen-bond acceptors (Lipinski definition) is 6. The standard InChI is InChI=1S/C24H28N2O6/c1-24(2,3)19-14-17(25-23(29)26-20(27)11-12-30-4)13-18(21(19)31-5)15-7-9-16(10-8-15)22(28)32-6/h7-14H,1-6H3,(H2,25,26,27,29)/b12-11+. The third kappa shape index (κ3) is 6.10. The number of carbonyl (C=O) groups excluding carboxylic acids is 3. The Morgan fingerprint density at radius 1 is 0.969 bits per heavy atom. The number of imide groups is 1. The molecular weight excluding hydrogens is 412 g/mol. The molecule has 32 heavy (non-hydrogen) atoms. The van der Waals surface area contributed by atoms with Crippen molar-refractivity contribution in [3.63, 3.8) is 0 Å². The Hall–Kier alpha value is -3.81. The van der Waals surface area contributed by atoms with Gasteiger partial charge in [-0.25, -0.2) is 9.59 Å². The van der Waals surface area contributed by atoms with E-state index in [2.05, 4.69) is 15.4 Å². The van der Waals surface area contributed by atoms with Crippen molar-refractivity contribution in [3.8, 4) is 16.9 Å².